The van der Waals surface area contributed by atoms with Gasteiger partial charge in [-0.3, -0.25) is 14.5 Å². The third-order valence-corrected chi connectivity index (χ3v) is 5.36. The first-order chi connectivity index (χ1) is 15.5. The molecule has 2 N–H and O–H groups in total. The number of piperazine rings is 1. The summed E-state index contributed by atoms with van der Waals surface area (Å²) in [4.78, 5) is 28.9. The minimum absolute atomic E-state index is 0.231. The van der Waals surface area contributed by atoms with Gasteiger partial charge in [0.05, 0.1) is 19.9 Å². The Morgan fingerprint density at radius 3 is 2.34 bits per heavy atom. The molecule has 8 nitrogen and oxygen atoms in total. The van der Waals surface area contributed by atoms with E-state index in [1.807, 2.05) is 0 Å². The lowest BCUT2D eigenvalue weighted by molar-refractivity contribution is -0.136. The molecule has 0 saturated carbocycles. The molecule has 1 heterocycles. The zero-order valence-corrected chi connectivity index (χ0v) is 18.4. The molecule has 2 aromatic carbocycles. The molecule has 2 amide bonds. The molecular weight excluding hydrogens is 415 g/mol. The minimum atomic E-state index is -0.760. The quantitative estimate of drug-likeness (QED) is 0.479. The molecule has 0 radical (unpaired) electrons. The number of amides is 2. The van der Waals surface area contributed by atoms with E-state index in [1.54, 1.807) is 30.3 Å². The first kappa shape index (κ1) is 23.3. The Balaban J connectivity index is 1.36. The number of carbonyl (C=O) groups is 2. The summed E-state index contributed by atoms with van der Waals surface area (Å²) >= 11 is 0. The van der Waals surface area contributed by atoms with Crippen molar-refractivity contribution in [1.29, 1.82) is 0 Å². The fraction of sp³-hybridized carbons (Fsp3) is 0.391. The van der Waals surface area contributed by atoms with Crippen molar-refractivity contribution in [2.75, 3.05) is 63.7 Å². The standard InChI is InChI=1S/C23H29FN4O4/c1-31-19-8-9-21(32-2)20(16-19)26-23(30)22(29)25-10-3-11-27-12-14-28(15-13-27)18-6-4-17(24)5-7-18/h4-9,16H,3,10-15H2,1-2H3,(H,25,29)(H,26,30). The topological polar surface area (TPSA) is 83.1 Å². The van der Waals surface area contributed by atoms with Gasteiger partial charge in [0.2, 0.25) is 0 Å². The zero-order chi connectivity index (χ0) is 22.9. The van der Waals surface area contributed by atoms with Gasteiger partial charge in [0.1, 0.15) is 17.3 Å². The van der Waals surface area contributed by atoms with Crippen LogP contribution >= 0.6 is 0 Å². The molecule has 9 heteroatoms. The molecule has 0 spiro atoms. The second-order valence-corrected chi connectivity index (χ2v) is 7.43. The number of methoxy groups -OCH3 is 2. The van der Waals surface area contributed by atoms with Crippen LogP contribution in [0.1, 0.15) is 6.42 Å². The van der Waals surface area contributed by atoms with Crippen LogP contribution in [-0.2, 0) is 9.59 Å². The normalized spacial score (nSPS) is 14.0. The lowest BCUT2D eigenvalue weighted by atomic mass is 10.2. The highest BCUT2D eigenvalue weighted by Crippen LogP contribution is 2.28. The molecule has 3 rings (SSSR count). The van der Waals surface area contributed by atoms with Crippen LogP contribution in [0, 0.1) is 5.82 Å². The minimum Gasteiger partial charge on any atom is -0.497 e. The Morgan fingerprint density at radius 1 is 0.969 bits per heavy atom. The Kier molecular flexibility index (Phi) is 8.27. The molecule has 2 aromatic rings. The lowest BCUT2D eigenvalue weighted by Gasteiger charge is -2.36. The predicted octanol–water partition coefficient (Wildman–Crippen LogP) is 2.11. The van der Waals surface area contributed by atoms with Crippen molar-refractivity contribution in [1.82, 2.24) is 10.2 Å². The second kappa shape index (κ2) is 11.3. The number of carbonyl (C=O) groups excluding carboxylic acids is 2. The third kappa shape index (κ3) is 6.34. The number of benzene rings is 2. The molecule has 1 aliphatic rings. The number of hydrogen-bond donors (Lipinski definition) is 2. The maximum absolute atomic E-state index is 13.1. The average Bonchev–Trinajstić information content (AvgIpc) is 2.82. The molecule has 32 heavy (non-hydrogen) atoms. The fourth-order valence-corrected chi connectivity index (χ4v) is 3.56. The number of halogens is 1. The highest BCUT2D eigenvalue weighted by atomic mass is 19.1. The van der Waals surface area contributed by atoms with Gasteiger partial charge in [-0.25, -0.2) is 4.39 Å². The summed E-state index contributed by atoms with van der Waals surface area (Å²) in [6.45, 7) is 4.73. The number of hydrogen-bond acceptors (Lipinski definition) is 6. The van der Waals surface area contributed by atoms with Crippen molar-refractivity contribution < 1.29 is 23.5 Å². The summed E-state index contributed by atoms with van der Waals surface area (Å²) in [5.74, 6) is -0.709. The molecule has 0 atom stereocenters. The summed E-state index contributed by atoms with van der Waals surface area (Å²) in [5.41, 5.74) is 1.39. The Hall–Kier alpha value is -3.33. The van der Waals surface area contributed by atoms with Crippen LogP contribution in [-0.4, -0.2) is 70.2 Å². The smallest absolute Gasteiger partial charge is 0.313 e. The van der Waals surface area contributed by atoms with Crippen molar-refractivity contribution in [2.24, 2.45) is 0 Å². The van der Waals surface area contributed by atoms with E-state index in [9.17, 15) is 14.0 Å². The molecule has 172 valence electrons. The van der Waals surface area contributed by atoms with Gasteiger partial charge in [-0.05, 0) is 49.4 Å². The van der Waals surface area contributed by atoms with Crippen LogP contribution in [0.5, 0.6) is 11.5 Å². The SMILES string of the molecule is COc1ccc(OC)c(NC(=O)C(=O)NCCCN2CCN(c3ccc(F)cc3)CC2)c1. The van der Waals surface area contributed by atoms with Crippen molar-refractivity contribution in [3.05, 3.63) is 48.3 Å². The molecule has 1 fully saturated rings. The molecule has 0 bridgehead atoms. The zero-order valence-electron chi connectivity index (χ0n) is 18.4. The van der Waals surface area contributed by atoms with Crippen molar-refractivity contribution in [2.45, 2.75) is 6.42 Å². The van der Waals surface area contributed by atoms with Gasteiger partial charge in [0.25, 0.3) is 0 Å². The fourth-order valence-electron chi connectivity index (χ4n) is 3.56. The van der Waals surface area contributed by atoms with Crippen molar-refractivity contribution in [3.8, 4) is 11.5 Å². The second-order valence-electron chi connectivity index (χ2n) is 7.43. The maximum Gasteiger partial charge on any atom is 0.313 e. The van der Waals surface area contributed by atoms with Crippen molar-refractivity contribution in [3.63, 3.8) is 0 Å². The summed E-state index contributed by atoms with van der Waals surface area (Å²) in [5, 5.41) is 5.21. The molecule has 0 aromatic heterocycles. The van der Waals surface area contributed by atoms with Crippen LogP contribution in [0.15, 0.2) is 42.5 Å². The number of anilines is 2. The van der Waals surface area contributed by atoms with E-state index in [-0.39, 0.29) is 5.82 Å². The predicted molar refractivity (Wildman–Crippen MR) is 121 cm³/mol. The largest absolute Gasteiger partial charge is 0.497 e. The highest BCUT2D eigenvalue weighted by Gasteiger charge is 2.18. The molecule has 0 aliphatic carbocycles. The number of nitrogens with zero attached hydrogens (tertiary/aromatic N) is 2. The van der Waals surface area contributed by atoms with Gasteiger partial charge in [0.15, 0.2) is 0 Å². The van der Waals surface area contributed by atoms with E-state index in [0.29, 0.717) is 23.7 Å². The Labute approximate surface area is 187 Å². The van der Waals surface area contributed by atoms with Crippen molar-refractivity contribution >= 4 is 23.2 Å². The van der Waals surface area contributed by atoms with Crippen LogP contribution in [0.25, 0.3) is 0 Å². The number of ether oxygens (including phenoxy) is 2. The average molecular weight is 445 g/mol. The third-order valence-electron chi connectivity index (χ3n) is 5.36. The number of rotatable bonds is 8. The molecular formula is C23H29FN4O4. The van der Waals surface area contributed by atoms with Gasteiger partial charge in [0, 0.05) is 44.5 Å². The summed E-state index contributed by atoms with van der Waals surface area (Å²) in [6.07, 6.45) is 0.734. The van der Waals surface area contributed by atoms with Gasteiger partial charge in [-0.2, -0.15) is 0 Å². The molecule has 1 aliphatic heterocycles. The Morgan fingerprint density at radius 2 is 1.69 bits per heavy atom. The highest BCUT2D eigenvalue weighted by molar-refractivity contribution is 6.39. The Bertz CT molecular complexity index is 915. The van der Waals surface area contributed by atoms with E-state index < -0.39 is 11.8 Å². The van der Waals surface area contributed by atoms with Crippen LogP contribution in [0.3, 0.4) is 0 Å². The van der Waals surface area contributed by atoms with Gasteiger partial charge >= 0.3 is 11.8 Å². The summed E-state index contributed by atoms with van der Waals surface area (Å²) in [6, 6.07) is 11.5. The number of nitrogens with one attached hydrogen (secondary N) is 2. The summed E-state index contributed by atoms with van der Waals surface area (Å²) < 4.78 is 23.4. The van der Waals surface area contributed by atoms with Gasteiger partial charge < -0.3 is 25.0 Å². The van der Waals surface area contributed by atoms with Crippen LogP contribution in [0.2, 0.25) is 0 Å². The van der Waals surface area contributed by atoms with Gasteiger partial charge in [-0.1, -0.05) is 0 Å². The van der Waals surface area contributed by atoms with E-state index in [1.165, 1.54) is 26.4 Å². The lowest BCUT2D eigenvalue weighted by Crippen LogP contribution is -2.47. The maximum atomic E-state index is 13.1. The summed E-state index contributed by atoms with van der Waals surface area (Å²) in [7, 11) is 3.00. The van der Waals surface area contributed by atoms with Crippen LogP contribution in [0.4, 0.5) is 15.8 Å². The first-order valence-electron chi connectivity index (χ1n) is 10.5. The van der Waals surface area contributed by atoms with E-state index in [2.05, 4.69) is 20.4 Å². The first-order valence-corrected chi connectivity index (χ1v) is 10.5. The van der Waals surface area contributed by atoms with E-state index >= 15 is 0 Å². The van der Waals surface area contributed by atoms with Crippen LogP contribution < -0.4 is 25.0 Å². The molecule has 1 saturated heterocycles. The monoisotopic (exact) mass is 444 g/mol. The molecule has 0 unspecified atom stereocenters. The van der Waals surface area contributed by atoms with E-state index in [0.717, 1.165) is 44.8 Å². The van der Waals surface area contributed by atoms with Gasteiger partial charge in [-0.15, -0.1) is 0 Å². The van der Waals surface area contributed by atoms with E-state index in [4.69, 9.17) is 9.47 Å².